The van der Waals surface area contributed by atoms with E-state index in [1.54, 1.807) is 18.2 Å². The number of benzene rings is 2. The van der Waals surface area contributed by atoms with E-state index in [1.165, 1.54) is 0 Å². The van der Waals surface area contributed by atoms with Crippen molar-refractivity contribution in [3.05, 3.63) is 70.3 Å². The molecule has 1 atom stereocenters. The molecule has 2 aromatic carbocycles. The van der Waals surface area contributed by atoms with E-state index in [0.717, 1.165) is 17.7 Å². The van der Waals surface area contributed by atoms with Gasteiger partial charge in [-0.3, -0.25) is 4.79 Å². The Bertz CT molecular complexity index is 942. The van der Waals surface area contributed by atoms with Crippen LogP contribution in [0.1, 0.15) is 22.8 Å². The molecule has 2 heterocycles. The fourth-order valence-electron chi connectivity index (χ4n) is 3.15. The smallest absolute Gasteiger partial charge is 0.253 e. The minimum absolute atomic E-state index is 0.0468. The summed E-state index contributed by atoms with van der Waals surface area (Å²) < 4.78 is 1.85. The molecule has 0 spiro atoms. The van der Waals surface area contributed by atoms with Gasteiger partial charge in [0.15, 0.2) is 0 Å². The zero-order valence-electron chi connectivity index (χ0n) is 13.8. The molecule has 0 radical (unpaired) electrons. The number of halogens is 2. The Labute approximate surface area is 161 Å². The van der Waals surface area contributed by atoms with Crippen molar-refractivity contribution < 1.29 is 4.79 Å². The maximum atomic E-state index is 12.7. The SMILES string of the molecule is O=C(c1ccc(Cl)c(Cl)c1)N1CC[C@H](n2cc(-c3ccccc3)nn2)C1. The third-order valence-electron chi connectivity index (χ3n) is 4.57. The number of likely N-dealkylation sites (tertiary alicyclic amines) is 1. The Kier molecular flexibility index (Phi) is 4.66. The molecule has 0 bridgehead atoms. The van der Waals surface area contributed by atoms with Crippen LogP contribution in [0.3, 0.4) is 0 Å². The predicted octanol–water partition coefficient (Wildman–Crippen LogP) is 4.34. The summed E-state index contributed by atoms with van der Waals surface area (Å²) in [5.74, 6) is -0.0468. The van der Waals surface area contributed by atoms with Crippen molar-refractivity contribution >= 4 is 29.1 Å². The molecule has 0 saturated carbocycles. The molecule has 1 aliphatic rings. The van der Waals surface area contributed by atoms with Crippen LogP contribution in [0.25, 0.3) is 11.3 Å². The van der Waals surface area contributed by atoms with Gasteiger partial charge in [-0.2, -0.15) is 0 Å². The van der Waals surface area contributed by atoms with Gasteiger partial charge < -0.3 is 4.90 Å². The van der Waals surface area contributed by atoms with Crippen molar-refractivity contribution in [3.63, 3.8) is 0 Å². The number of rotatable bonds is 3. The van der Waals surface area contributed by atoms with Crippen molar-refractivity contribution in [3.8, 4) is 11.3 Å². The van der Waals surface area contributed by atoms with Crippen molar-refractivity contribution in [1.82, 2.24) is 19.9 Å². The highest BCUT2D eigenvalue weighted by Crippen LogP contribution is 2.27. The van der Waals surface area contributed by atoms with E-state index < -0.39 is 0 Å². The molecule has 7 heteroatoms. The van der Waals surface area contributed by atoms with Gasteiger partial charge in [-0.05, 0) is 24.6 Å². The molecule has 0 N–H and O–H groups in total. The lowest BCUT2D eigenvalue weighted by atomic mass is 10.2. The minimum atomic E-state index is -0.0468. The fraction of sp³-hybridized carbons (Fsp3) is 0.211. The van der Waals surface area contributed by atoms with Crippen LogP contribution >= 0.6 is 23.2 Å². The van der Waals surface area contributed by atoms with Crippen molar-refractivity contribution in [1.29, 1.82) is 0 Å². The first-order chi connectivity index (χ1) is 12.6. The molecular formula is C19H16Cl2N4O. The Hall–Kier alpha value is -2.37. The highest BCUT2D eigenvalue weighted by Gasteiger charge is 2.29. The molecule has 0 unspecified atom stereocenters. The second-order valence-corrected chi connectivity index (χ2v) is 7.09. The van der Waals surface area contributed by atoms with Crippen LogP contribution in [0.2, 0.25) is 10.0 Å². The molecule has 0 aliphatic carbocycles. The van der Waals surface area contributed by atoms with Crippen LogP contribution in [0.5, 0.6) is 0 Å². The molecule has 1 fully saturated rings. The molecule has 1 aliphatic heterocycles. The second kappa shape index (κ2) is 7.09. The monoisotopic (exact) mass is 386 g/mol. The number of carbonyl (C=O) groups is 1. The van der Waals surface area contributed by atoms with E-state index in [1.807, 2.05) is 46.1 Å². The van der Waals surface area contributed by atoms with Gasteiger partial charge in [0, 0.05) is 24.2 Å². The third-order valence-corrected chi connectivity index (χ3v) is 5.31. The summed E-state index contributed by atoms with van der Waals surface area (Å²) in [6.07, 6.45) is 2.78. The summed E-state index contributed by atoms with van der Waals surface area (Å²) >= 11 is 12.0. The summed E-state index contributed by atoms with van der Waals surface area (Å²) in [5, 5.41) is 9.34. The van der Waals surface area contributed by atoms with E-state index >= 15 is 0 Å². The molecular weight excluding hydrogens is 371 g/mol. The number of amides is 1. The Morgan fingerprint density at radius 2 is 1.88 bits per heavy atom. The number of hydrogen-bond acceptors (Lipinski definition) is 3. The largest absolute Gasteiger partial charge is 0.336 e. The van der Waals surface area contributed by atoms with E-state index in [-0.39, 0.29) is 11.9 Å². The zero-order valence-corrected chi connectivity index (χ0v) is 15.4. The van der Waals surface area contributed by atoms with Gasteiger partial charge in [0.1, 0.15) is 5.69 Å². The summed E-state index contributed by atoms with van der Waals surface area (Å²) in [7, 11) is 0. The maximum absolute atomic E-state index is 12.7. The molecule has 4 rings (SSSR count). The topological polar surface area (TPSA) is 51.0 Å². The van der Waals surface area contributed by atoms with Crippen molar-refractivity contribution in [2.45, 2.75) is 12.5 Å². The second-order valence-electron chi connectivity index (χ2n) is 6.27. The van der Waals surface area contributed by atoms with Crippen molar-refractivity contribution in [2.75, 3.05) is 13.1 Å². The lowest BCUT2D eigenvalue weighted by Crippen LogP contribution is -2.29. The van der Waals surface area contributed by atoms with E-state index in [2.05, 4.69) is 10.3 Å². The zero-order chi connectivity index (χ0) is 18.1. The third kappa shape index (κ3) is 3.32. The highest BCUT2D eigenvalue weighted by atomic mass is 35.5. The standard InChI is InChI=1S/C19H16Cl2N4O/c20-16-7-6-14(10-17(16)21)19(26)24-9-8-15(11-24)25-12-18(22-23-25)13-4-2-1-3-5-13/h1-7,10,12,15H,8-9,11H2/t15-/m0/s1. The van der Waals surface area contributed by atoms with E-state index in [0.29, 0.717) is 28.7 Å². The first-order valence-electron chi connectivity index (χ1n) is 8.33. The van der Waals surface area contributed by atoms with Gasteiger partial charge >= 0.3 is 0 Å². The average Bonchev–Trinajstić information content (AvgIpc) is 3.33. The quantitative estimate of drug-likeness (QED) is 0.672. The molecule has 5 nitrogen and oxygen atoms in total. The van der Waals surface area contributed by atoms with Gasteiger partial charge in [-0.25, -0.2) is 4.68 Å². The molecule has 1 saturated heterocycles. The average molecular weight is 387 g/mol. The lowest BCUT2D eigenvalue weighted by molar-refractivity contribution is 0.0787. The van der Waals surface area contributed by atoms with Crippen LogP contribution in [0, 0.1) is 0 Å². The van der Waals surface area contributed by atoms with Crippen molar-refractivity contribution in [2.24, 2.45) is 0 Å². The Morgan fingerprint density at radius 3 is 2.65 bits per heavy atom. The number of carbonyl (C=O) groups excluding carboxylic acids is 1. The molecule has 132 valence electrons. The van der Waals surface area contributed by atoms with Gasteiger partial charge in [0.25, 0.3) is 5.91 Å². The molecule has 26 heavy (non-hydrogen) atoms. The minimum Gasteiger partial charge on any atom is -0.336 e. The normalized spacial score (nSPS) is 16.8. The lowest BCUT2D eigenvalue weighted by Gasteiger charge is -2.16. The van der Waals surface area contributed by atoms with Crippen LogP contribution in [0.15, 0.2) is 54.7 Å². The summed E-state index contributed by atoms with van der Waals surface area (Å²) in [5.41, 5.74) is 2.41. The van der Waals surface area contributed by atoms with E-state index in [4.69, 9.17) is 23.2 Å². The summed E-state index contributed by atoms with van der Waals surface area (Å²) in [4.78, 5) is 14.5. The molecule has 3 aromatic rings. The first-order valence-corrected chi connectivity index (χ1v) is 9.09. The van der Waals surface area contributed by atoms with Gasteiger partial charge in [0.05, 0.1) is 22.3 Å². The van der Waals surface area contributed by atoms with Gasteiger partial charge in [-0.15, -0.1) is 5.10 Å². The van der Waals surface area contributed by atoms with Crippen LogP contribution in [0.4, 0.5) is 0 Å². The highest BCUT2D eigenvalue weighted by molar-refractivity contribution is 6.42. The number of hydrogen-bond donors (Lipinski definition) is 0. The molecule has 1 amide bonds. The Morgan fingerprint density at radius 1 is 1.08 bits per heavy atom. The summed E-state index contributed by atoms with van der Waals surface area (Å²) in [6, 6.07) is 15.0. The van der Waals surface area contributed by atoms with Crippen LogP contribution in [-0.2, 0) is 0 Å². The molecule has 1 aromatic heterocycles. The maximum Gasteiger partial charge on any atom is 0.253 e. The van der Waals surface area contributed by atoms with E-state index in [9.17, 15) is 4.79 Å². The summed E-state index contributed by atoms with van der Waals surface area (Å²) in [6.45, 7) is 1.26. The van der Waals surface area contributed by atoms with Crippen LogP contribution < -0.4 is 0 Å². The Balaban J connectivity index is 1.48. The van der Waals surface area contributed by atoms with Gasteiger partial charge in [0.2, 0.25) is 0 Å². The first kappa shape index (κ1) is 17.1. The fourth-order valence-corrected chi connectivity index (χ4v) is 3.45. The van der Waals surface area contributed by atoms with Crippen LogP contribution in [-0.4, -0.2) is 38.9 Å². The predicted molar refractivity (Wildman–Crippen MR) is 101 cm³/mol. The number of aromatic nitrogens is 3. The van der Waals surface area contributed by atoms with Gasteiger partial charge in [-0.1, -0.05) is 58.7 Å². The number of nitrogens with zero attached hydrogens (tertiary/aromatic N) is 4.